The van der Waals surface area contributed by atoms with Crippen LogP contribution in [-0.4, -0.2) is 30.6 Å². The molecule has 5 aromatic rings. The third kappa shape index (κ3) is 5.39. The Hall–Kier alpha value is -5.23. The number of hydrogen-bond donors (Lipinski definition) is 0. The number of nitrogens with zero attached hydrogens (tertiary/aromatic N) is 7. The quantitative estimate of drug-likeness (QED) is 0.285. The number of aromatic nitrogens is 4. The van der Waals surface area contributed by atoms with E-state index in [1.54, 1.807) is 53.7 Å². The number of amides is 1. The monoisotopic (exact) mass is 487 g/mol. The zero-order valence-electron chi connectivity index (χ0n) is 19.7. The maximum atomic E-state index is 13.7. The highest BCUT2D eigenvalue weighted by Gasteiger charge is 2.21. The fraction of sp³-hybridized carbons (Fsp3) is 0.107. The van der Waals surface area contributed by atoms with Gasteiger partial charge >= 0.3 is 0 Å². The second kappa shape index (κ2) is 10.6. The summed E-state index contributed by atoms with van der Waals surface area (Å²) in [5.74, 6) is 0.348. The van der Waals surface area contributed by atoms with Crippen LogP contribution in [-0.2, 0) is 19.6 Å². The maximum Gasteiger partial charge on any atom is 0.273 e. The van der Waals surface area contributed by atoms with E-state index >= 15 is 0 Å². The molecule has 0 saturated heterocycles. The second-order valence-corrected chi connectivity index (χ2v) is 8.49. The Morgan fingerprint density at radius 2 is 1.68 bits per heavy atom. The van der Waals surface area contributed by atoms with E-state index in [1.807, 2.05) is 47.0 Å². The minimum Gasteiger partial charge on any atom is -0.325 e. The predicted octanol–water partition coefficient (Wildman–Crippen LogP) is 4.99. The van der Waals surface area contributed by atoms with Crippen LogP contribution in [0.4, 0.5) is 5.69 Å². The summed E-state index contributed by atoms with van der Waals surface area (Å²) in [5.41, 5.74) is 3.77. The van der Waals surface area contributed by atoms with E-state index < -0.39 is 0 Å². The van der Waals surface area contributed by atoms with E-state index in [1.165, 1.54) is 0 Å². The minimum atomic E-state index is -0.253. The van der Waals surface area contributed by atoms with Crippen LogP contribution in [0.2, 0.25) is 0 Å². The van der Waals surface area contributed by atoms with Crippen LogP contribution in [0.3, 0.4) is 0 Å². The van der Waals surface area contributed by atoms with Crippen molar-refractivity contribution in [3.8, 4) is 6.07 Å². The molecule has 0 aliphatic carbocycles. The molecule has 0 saturated carbocycles. The van der Waals surface area contributed by atoms with Gasteiger partial charge in [-0.1, -0.05) is 48.5 Å². The van der Waals surface area contributed by atoms with E-state index in [0.717, 1.165) is 22.0 Å². The summed E-state index contributed by atoms with van der Waals surface area (Å²) >= 11 is 0. The largest absolute Gasteiger partial charge is 0.325 e. The van der Waals surface area contributed by atoms with Gasteiger partial charge in [-0.05, 0) is 52.7 Å². The molecule has 1 amide bonds. The Kier molecular flexibility index (Phi) is 6.72. The van der Waals surface area contributed by atoms with Crippen molar-refractivity contribution in [1.29, 1.82) is 5.26 Å². The molecule has 0 spiro atoms. The number of benzene rings is 3. The highest BCUT2D eigenvalue weighted by Crippen LogP contribution is 2.19. The molecule has 0 aliphatic heterocycles. The van der Waals surface area contributed by atoms with Gasteiger partial charge in [0.15, 0.2) is 5.82 Å². The first kappa shape index (κ1) is 23.5. The SMILES string of the molecule is N#Cc1ccc(Cn2cnnc2CN(Cc2ccc(N=O)cc2)C(=O)c2ccc3ccccc3n2)cc1. The first-order valence-electron chi connectivity index (χ1n) is 11.6. The van der Waals surface area contributed by atoms with Crippen molar-refractivity contribution >= 4 is 22.5 Å². The van der Waals surface area contributed by atoms with Crippen molar-refractivity contribution in [2.75, 3.05) is 0 Å². The Morgan fingerprint density at radius 3 is 2.43 bits per heavy atom. The van der Waals surface area contributed by atoms with Gasteiger partial charge in [-0.2, -0.15) is 5.26 Å². The van der Waals surface area contributed by atoms with Gasteiger partial charge in [0, 0.05) is 11.9 Å². The smallest absolute Gasteiger partial charge is 0.273 e. The van der Waals surface area contributed by atoms with Crippen molar-refractivity contribution in [3.05, 3.63) is 124 Å². The van der Waals surface area contributed by atoms with E-state index in [0.29, 0.717) is 29.3 Å². The molecule has 0 aliphatic rings. The zero-order valence-corrected chi connectivity index (χ0v) is 19.7. The topological polar surface area (TPSA) is 117 Å². The molecule has 9 nitrogen and oxygen atoms in total. The second-order valence-electron chi connectivity index (χ2n) is 8.49. The number of fused-ring (bicyclic) bond motifs is 1. The van der Waals surface area contributed by atoms with E-state index in [2.05, 4.69) is 26.4 Å². The zero-order chi connectivity index (χ0) is 25.6. The molecular formula is C28H21N7O2. The molecule has 5 rings (SSSR count). The molecule has 2 heterocycles. The predicted molar refractivity (Wildman–Crippen MR) is 137 cm³/mol. The number of pyridine rings is 1. The first-order chi connectivity index (χ1) is 18.1. The molecule has 0 bridgehead atoms. The third-order valence-electron chi connectivity index (χ3n) is 5.98. The van der Waals surface area contributed by atoms with Gasteiger partial charge < -0.3 is 9.47 Å². The standard InChI is InChI=1S/C28H21N7O2/c29-15-20-5-7-21(8-6-20)17-35-19-30-32-27(35)18-34(16-22-9-12-24(33-37)13-10-22)28(36)26-14-11-23-3-1-2-4-25(23)31-26/h1-14,19H,16-18H2. The normalized spacial score (nSPS) is 10.7. The molecule has 3 aromatic carbocycles. The maximum absolute atomic E-state index is 13.7. The molecular weight excluding hydrogens is 466 g/mol. The fourth-order valence-corrected chi connectivity index (χ4v) is 4.01. The number of nitroso groups, excluding NO2 is 1. The molecule has 2 aromatic heterocycles. The number of carbonyl (C=O) groups excluding carboxylic acids is 1. The van der Waals surface area contributed by atoms with Crippen molar-refractivity contribution in [2.24, 2.45) is 5.18 Å². The van der Waals surface area contributed by atoms with Gasteiger partial charge in [0.25, 0.3) is 5.91 Å². The summed E-state index contributed by atoms with van der Waals surface area (Å²) in [5, 5.41) is 21.3. The van der Waals surface area contributed by atoms with Gasteiger partial charge in [0.2, 0.25) is 0 Å². The lowest BCUT2D eigenvalue weighted by molar-refractivity contribution is 0.0718. The van der Waals surface area contributed by atoms with Gasteiger partial charge in [-0.15, -0.1) is 15.1 Å². The number of para-hydroxylation sites is 1. The van der Waals surface area contributed by atoms with Crippen molar-refractivity contribution in [1.82, 2.24) is 24.6 Å². The summed E-state index contributed by atoms with van der Waals surface area (Å²) in [7, 11) is 0. The van der Waals surface area contributed by atoms with Crippen LogP contribution in [0.15, 0.2) is 96.4 Å². The van der Waals surface area contributed by atoms with Crippen LogP contribution in [0.1, 0.15) is 33.0 Å². The van der Waals surface area contributed by atoms with Crippen LogP contribution in [0, 0.1) is 16.2 Å². The summed E-state index contributed by atoms with van der Waals surface area (Å²) in [4.78, 5) is 30.7. The van der Waals surface area contributed by atoms with Crippen LogP contribution in [0.25, 0.3) is 10.9 Å². The highest BCUT2D eigenvalue weighted by atomic mass is 16.3. The number of hydrogen-bond acceptors (Lipinski definition) is 7. The molecule has 0 atom stereocenters. The Morgan fingerprint density at radius 1 is 0.919 bits per heavy atom. The Balaban J connectivity index is 1.44. The lowest BCUT2D eigenvalue weighted by atomic mass is 10.1. The fourth-order valence-electron chi connectivity index (χ4n) is 4.01. The van der Waals surface area contributed by atoms with Crippen molar-refractivity contribution in [2.45, 2.75) is 19.6 Å². The lowest BCUT2D eigenvalue weighted by Crippen LogP contribution is -2.32. The summed E-state index contributed by atoms with van der Waals surface area (Å²) < 4.78 is 1.87. The van der Waals surface area contributed by atoms with E-state index in [9.17, 15) is 9.70 Å². The number of nitriles is 1. The molecule has 180 valence electrons. The van der Waals surface area contributed by atoms with Crippen molar-refractivity contribution in [3.63, 3.8) is 0 Å². The van der Waals surface area contributed by atoms with Crippen LogP contribution in [0.5, 0.6) is 0 Å². The van der Waals surface area contributed by atoms with E-state index in [4.69, 9.17) is 5.26 Å². The van der Waals surface area contributed by atoms with Gasteiger partial charge in [-0.25, -0.2) is 4.98 Å². The Bertz CT molecular complexity index is 1600. The van der Waals surface area contributed by atoms with Gasteiger partial charge in [-0.3, -0.25) is 4.79 Å². The first-order valence-corrected chi connectivity index (χ1v) is 11.6. The molecule has 9 heteroatoms. The molecule has 37 heavy (non-hydrogen) atoms. The van der Waals surface area contributed by atoms with Crippen LogP contribution >= 0.6 is 0 Å². The minimum absolute atomic E-state index is 0.192. The molecule has 0 unspecified atom stereocenters. The van der Waals surface area contributed by atoms with Crippen LogP contribution < -0.4 is 0 Å². The van der Waals surface area contributed by atoms with Gasteiger partial charge in [0.1, 0.15) is 17.7 Å². The number of carbonyl (C=O) groups is 1. The third-order valence-corrected chi connectivity index (χ3v) is 5.98. The highest BCUT2D eigenvalue weighted by molar-refractivity contribution is 5.94. The lowest BCUT2D eigenvalue weighted by Gasteiger charge is -2.23. The summed E-state index contributed by atoms with van der Waals surface area (Å²) in [6.45, 7) is 0.956. The van der Waals surface area contributed by atoms with E-state index in [-0.39, 0.29) is 19.0 Å². The Labute approximate surface area is 212 Å². The average molecular weight is 488 g/mol. The molecule has 0 radical (unpaired) electrons. The molecule has 0 N–H and O–H groups in total. The van der Waals surface area contributed by atoms with Crippen molar-refractivity contribution < 1.29 is 4.79 Å². The molecule has 0 fully saturated rings. The average Bonchev–Trinajstić information content (AvgIpc) is 3.39. The summed E-state index contributed by atoms with van der Waals surface area (Å²) in [6, 6.07) is 27.4. The van der Waals surface area contributed by atoms with Gasteiger partial charge in [0.05, 0.1) is 30.2 Å². The summed E-state index contributed by atoms with van der Waals surface area (Å²) in [6.07, 6.45) is 1.62. The number of rotatable bonds is 8.